The Labute approximate surface area is 156 Å². The van der Waals surface area contributed by atoms with Crippen molar-refractivity contribution in [3.05, 3.63) is 66.2 Å². The maximum absolute atomic E-state index is 13.1. The molecule has 0 spiro atoms. The molecule has 0 aromatic heterocycles. The van der Waals surface area contributed by atoms with Crippen molar-refractivity contribution in [1.82, 2.24) is 9.80 Å². The van der Waals surface area contributed by atoms with Crippen LogP contribution < -0.4 is 4.90 Å². The molecular weight excluding hydrogens is 322 g/mol. The van der Waals surface area contributed by atoms with Gasteiger partial charge in [-0.1, -0.05) is 48.5 Å². The zero-order valence-corrected chi connectivity index (χ0v) is 15.4. The summed E-state index contributed by atoms with van der Waals surface area (Å²) in [4.78, 5) is 19.5. The molecule has 0 aliphatic carbocycles. The van der Waals surface area contributed by atoms with Crippen molar-refractivity contribution in [1.29, 1.82) is 0 Å². The third-order valence-electron chi connectivity index (χ3n) is 5.76. The summed E-state index contributed by atoms with van der Waals surface area (Å²) in [6.07, 6.45) is 2.42. The van der Waals surface area contributed by atoms with Crippen molar-refractivity contribution >= 4 is 11.7 Å². The number of amides is 2. The molecule has 2 atom stereocenters. The first-order valence-electron chi connectivity index (χ1n) is 9.56. The molecule has 2 aromatic rings. The second kappa shape index (κ2) is 7.50. The molecule has 3 aliphatic heterocycles. The van der Waals surface area contributed by atoms with Gasteiger partial charge >= 0.3 is 6.03 Å². The Kier molecular flexibility index (Phi) is 4.93. The van der Waals surface area contributed by atoms with Crippen LogP contribution in [0, 0.1) is 5.92 Å². The normalized spacial score (nSPS) is 22.9. The summed E-state index contributed by atoms with van der Waals surface area (Å²) < 4.78 is 0. The molecule has 0 saturated carbocycles. The lowest BCUT2D eigenvalue weighted by atomic mass is 9.94. The molecular formula is C22H27N3O. The van der Waals surface area contributed by atoms with Crippen LogP contribution in [0.5, 0.6) is 0 Å². The van der Waals surface area contributed by atoms with Crippen LogP contribution in [0.4, 0.5) is 10.5 Å². The van der Waals surface area contributed by atoms with E-state index in [0.29, 0.717) is 12.0 Å². The molecule has 26 heavy (non-hydrogen) atoms. The molecule has 2 amide bonds. The second-order valence-electron chi connectivity index (χ2n) is 7.59. The first kappa shape index (κ1) is 17.1. The number of anilines is 1. The number of nitrogens with zero attached hydrogens (tertiary/aromatic N) is 3. The Hall–Kier alpha value is -2.33. The van der Waals surface area contributed by atoms with Crippen LogP contribution in [-0.2, 0) is 6.54 Å². The van der Waals surface area contributed by atoms with Crippen LogP contribution in [0.2, 0.25) is 0 Å². The molecule has 2 aromatic carbocycles. The van der Waals surface area contributed by atoms with E-state index in [2.05, 4.69) is 40.1 Å². The topological polar surface area (TPSA) is 26.8 Å². The van der Waals surface area contributed by atoms with Crippen LogP contribution >= 0.6 is 0 Å². The van der Waals surface area contributed by atoms with Crippen LogP contribution in [0.25, 0.3) is 0 Å². The quantitative estimate of drug-likeness (QED) is 0.842. The van der Waals surface area contributed by atoms with Gasteiger partial charge in [-0.25, -0.2) is 4.79 Å². The lowest BCUT2D eigenvalue weighted by molar-refractivity contribution is 0.124. The summed E-state index contributed by atoms with van der Waals surface area (Å²) in [5, 5.41) is 0. The molecule has 4 nitrogen and oxygen atoms in total. The van der Waals surface area contributed by atoms with Gasteiger partial charge in [-0.3, -0.25) is 9.80 Å². The first-order valence-corrected chi connectivity index (χ1v) is 9.56. The van der Waals surface area contributed by atoms with Crippen molar-refractivity contribution in [3.63, 3.8) is 0 Å². The smallest absolute Gasteiger partial charge is 0.322 e. The molecule has 0 unspecified atom stereocenters. The van der Waals surface area contributed by atoms with Crippen molar-refractivity contribution in [2.45, 2.75) is 25.4 Å². The van der Waals surface area contributed by atoms with E-state index in [1.165, 1.54) is 18.4 Å². The highest BCUT2D eigenvalue weighted by atomic mass is 16.2. The Morgan fingerprint density at radius 2 is 1.65 bits per heavy atom. The third kappa shape index (κ3) is 3.61. The summed E-state index contributed by atoms with van der Waals surface area (Å²) >= 11 is 0. The number of fused-ring (bicyclic) bond motifs is 4. The number of benzene rings is 2. The molecule has 3 heterocycles. The Morgan fingerprint density at radius 3 is 2.38 bits per heavy atom. The Bertz CT molecular complexity index is 734. The fourth-order valence-corrected chi connectivity index (χ4v) is 4.32. The molecule has 4 heteroatoms. The summed E-state index contributed by atoms with van der Waals surface area (Å²) in [6, 6.07) is 21.2. The van der Waals surface area contributed by atoms with Crippen molar-refractivity contribution in [3.8, 4) is 0 Å². The van der Waals surface area contributed by atoms with Gasteiger partial charge in [0.15, 0.2) is 0 Å². The summed E-state index contributed by atoms with van der Waals surface area (Å²) in [7, 11) is 1.88. The molecule has 3 fully saturated rings. The van der Waals surface area contributed by atoms with Gasteiger partial charge in [0.25, 0.3) is 0 Å². The van der Waals surface area contributed by atoms with Crippen molar-refractivity contribution < 1.29 is 4.79 Å². The summed E-state index contributed by atoms with van der Waals surface area (Å²) in [5.41, 5.74) is 2.31. The highest BCUT2D eigenvalue weighted by molar-refractivity contribution is 5.91. The van der Waals surface area contributed by atoms with E-state index < -0.39 is 0 Å². The number of carbonyl (C=O) groups excluding carboxylic acids is 1. The van der Waals surface area contributed by atoms with Gasteiger partial charge in [0.05, 0.1) is 0 Å². The van der Waals surface area contributed by atoms with E-state index in [1.807, 2.05) is 37.4 Å². The monoisotopic (exact) mass is 349 g/mol. The number of rotatable bonds is 3. The molecule has 5 rings (SSSR count). The predicted molar refractivity (Wildman–Crippen MR) is 105 cm³/mol. The molecule has 136 valence electrons. The summed E-state index contributed by atoms with van der Waals surface area (Å²) in [5.74, 6) is 0.575. The third-order valence-corrected chi connectivity index (χ3v) is 5.76. The van der Waals surface area contributed by atoms with Crippen molar-refractivity contribution in [2.24, 2.45) is 5.92 Å². The number of piperidine rings is 1. The molecule has 3 saturated heterocycles. The largest absolute Gasteiger partial charge is 0.324 e. The van der Waals surface area contributed by atoms with E-state index in [-0.39, 0.29) is 6.03 Å². The Balaban J connectivity index is 1.46. The van der Waals surface area contributed by atoms with Gasteiger partial charge in [-0.2, -0.15) is 0 Å². The molecule has 3 aliphatic rings. The lowest BCUT2D eigenvalue weighted by Crippen LogP contribution is -2.46. The van der Waals surface area contributed by atoms with Crippen molar-refractivity contribution in [2.75, 3.05) is 31.6 Å². The molecule has 2 bridgehead atoms. The average molecular weight is 349 g/mol. The molecule has 0 N–H and O–H groups in total. The number of carbonyl (C=O) groups is 1. The maximum atomic E-state index is 13.1. The van der Waals surface area contributed by atoms with Gasteiger partial charge in [0, 0.05) is 45.0 Å². The van der Waals surface area contributed by atoms with Gasteiger partial charge in [0.1, 0.15) is 0 Å². The zero-order chi connectivity index (χ0) is 17.9. The van der Waals surface area contributed by atoms with E-state index in [1.54, 1.807) is 4.90 Å². The minimum atomic E-state index is 0.120. The maximum Gasteiger partial charge on any atom is 0.324 e. The van der Waals surface area contributed by atoms with Gasteiger partial charge in [-0.05, 0) is 36.5 Å². The minimum Gasteiger partial charge on any atom is -0.322 e. The van der Waals surface area contributed by atoms with Crippen LogP contribution in [0.15, 0.2) is 60.7 Å². The van der Waals surface area contributed by atoms with Crippen LogP contribution in [-0.4, -0.2) is 48.6 Å². The van der Waals surface area contributed by atoms with E-state index >= 15 is 0 Å². The Morgan fingerprint density at radius 1 is 0.962 bits per heavy atom. The fraction of sp³-hybridized carbons (Fsp3) is 0.409. The van der Waals surface area contributed by atoms with E-state index in [0.717, 1.165) is 31.9 Å². The zero-order valence-electron chi connectivity index (χ0n) is 15.4. The van der Waals surface area contributed by atoms with Crippen LogP contribution in [0.3, 0.4) is 0 Å². The number of hydrogen-bond acceptors (Lipinski definition) is 2. The standard InChI is InChI=1S/C22H27N3O/c1-23(20-10-6-3-7-11-20)22(26)25-16-19-12-13-21(17-25)24(15-19)14-18-8-4-2-5-9-18/h2-11,19,21H,12-17H2,1H3/t19-,21-/m0/s1. The van der Waals surface area contributed by atoms with Gasteiger partial charge in [0.2, 0.25) is 0 Å². The highest BCUT2D eigenvalue weighted by Gasteiger charge is 2.37. The number of para-hydroxylation sites is 1. The predicted octanol–water partition coefficient (Wildman–Crippen LogP) is 3.84. The van der Waals surface area contributed by atoms with E-state index in [4.69, 9.17) is 0 Å². The molecule has 0 radical (unpaired) electrons. The highest BCUT2D eigenvalue weighted by Crippen LogP contribution is 2.30. The van der Waals surface area contributed by atoms with Gasteiger partial charge < -0.3 is 4.90 Å². The fourth-order valence-electron chi connectivity index (χ4n) is 4.32. The SMILES string of the molecule is CN(C(=O)N1C[C@H]2CC[C@@H](C1)N(Cc1ccccc1)C2)c1ccccc1. The van der Waals surface area contributed by atoms with Crippen LogP contribution in [0.1, 0.15) is 18.4 Å². The second-order valence-corrected chi connectivity index (χ2v) is 7.59. The number of urea groups is 1. The van der Waals surface area contributed by atoms with Gasteiger partial charge in [-0.15, -0.1) is 0 Å². The minimum absolute atomic E-state index is 0.120. The average Bonchev–Trinajstić information content (AvgIpc) is 3.00. The lowest BCUT2D eigenvalue weighted by Gasteiger charge is -2.36. The first-order chi connectivity index (χ1) is 12.7. The number of hydrogen-bond donors (Lipinski definition) is 0. The summed E-state index contributed by atoms with van der Waals surface area (Å²) in [6.45, 7) is 3.79. The van der Waals surface area contributed by atoms with E-state index in [9.17, 15) is 4.79 Å².